The van der Waals surface area contributed by atoms with Crippen molar-refractivity contribution in [3.05, 3.63) is 59.7 Å². The minimum absolute atomic E-state index is 0.0248. The topological polar surface area (TPSA) is 84.9 Å². The zero-order valence-corrected chi connectivity index (χ0v) is 14.1. The second-order valence-corrected chi connectivity index (χ2v) is 6.56. The molecule has 0 unspecified atom stereocenters. The molecular formula is C20H19NO5. The lowest BCUT2D eigenvalue weighted by Gasteiger charge is -2.18. The second-order valence-electron chi connectivity index (χ2n) is 6.56. The van der Waals surface area contributed by atoms with Gasteiger partial charge in [0.15, 0.2) is 0 Å². The third kappa shape index (κ3) is 2.93. The third-order valence-electron chi connectivity index (χ3n) is 5.04. The molecule has 1 heterocycles. The van der Waals surface area contributed by atoms with Gasteiger partial charge < -0.3 is 19.9 Å². The van der Waals surface area contributed by atoms with Gasteiger partial charge in [0.1, 0.15) is 12.5 Å². The van der Waals surface area contributed by atoms with Gasteiger partial charge in [-0.2, -0.15) is 0 Å². The fraction of sp³-hybridized carbons (Fsp3) is 0.300. The number of alkyl carbamates (subject to hydrolysis) is 1. The number of carbonyl (C=O) groups is 2. The summed E-state index contributed by atoms with van der Waals surface area (Å²) in [6.45, 7) is 0.482. The van der Waals surface area contributed by atoms with Gasteiger partial charge in [-0.15, -0.1) is 0 Å². The summed E-state index contributed by atoms with van der Waals surface area (Å²) in [4.78, 5) is 23.3. The maximum absolute atomic E-state index is 12.2. The van der Waals surface area contributed by atoms with Crippen LogP contribution in [0.1, 0.15) is 17.0 Å². The normalized spacial score (nSPS) is 21.1. The Balaban J connectivity index is 1.45. The Morgan fingerprint density at radius 1 is 1.04 bits per heavy atom. The largest absolute Gasteiger partial charge is 0.481 e. The maximum atomic E-state index is 12.2. The first-order valence-electron chi connectivity index (χ1n) is 8.57. The van der Waals surface area contributed by atoms with Crippen molar-refractivity contribution in [2.45, 2.75) is 12.0 Å². The highest BCUT2D eigenvalue weighted by Gasteiger charge is 2.36. The number of nitrogens with one attached hydrogen (secondary N) is 1. The van der Waals surface area contributed by atoms with E-state index >= 15 is 0 Å². The molecule has 1 aliphatic heterocycles. The zero-order chi connectivity index (χ0) is 18.1. The molecule has 1 amide bonds. The Hall–Kier alpha value is -2.86. The van der Waals surface area contributed by atoms with E-state index in [1.54, 1.807) is 0 Å². The van der Waals surface area contributed by atoms with Gasteiger partial charge in [-0.05, 0) is 22.3 Å². The molecule has 26 heavy (non-hydrogen) atoms. The van der Waals surface area contributed by atoms with Crippen molar-refractivity contribution in [2.24, 2.45) is 5.92 Å². The van der Waals surface area contributed by atoms with Crippen molar-refractivity contribution in [2.75, 3.05) is 19.8 Å². The fourth-order valence-electron chi connectivity index (χ4n) is 3.73. The highest BCUT2D eigenvalue weighted by Crippen LogP contribution is 2.44. The number of hydrogen-bond acceptors (Lipinski definition) is 4. The van der Waals surface area contributed by atoms with E-state index in [9.17, 15) is 9.59 Å². The fourth-order valence-corrected chi connectivity index (χ4v) is 3.73. The van der Waals surface area contributed by atoms with Crippen LogP contribution in [0.25, 0.3) is 11.1 Å². The molecule has 0 radical (unpaired) electrons. The lowest BCUT2D eigenvalue weighted by atomic mass is 9.98. The van der Waals surface area contributed by atoms with Gasteiger partial charge in [0.05, 0.1) is 19.3 Å². The molecule has 6 nitrogen and oxygen atoms in total. The average Bonchev–Trinajstić information content (AvgIpc) is 3.23. The van der Waals surface area contributed by atoms with Crippen LogP contribution in [-0.4, -0.2) is 43.0 Å². The monoisotopic (exact) mass is 353 g/mol. The van der Waals surface area contributed by atoms with E-state index in [4.69, 9.17) is 14.6 Å². The number of carboxylic acid groups (broad SMARTS) is 1. The summed E-state index contributed by atoms with van der Waals surface area (Å²) in [6, 6.07) is 15.6. The van der Waals surface area contributed by atoms with Crippen LogP contribution in [0.3, 0.4) is 0 Å². The summed E-state index contributed by atoms with van der Waals surface area (Å²) in [5.74, 6) is -1.75. The quantitative estimate of drug-likeness (QED) is 0.883. The van der Waals surface area contributed by atoms with Crippen molar-refractivity contribution < 1.29 is 24.2 Å². The van der Waals surface area contributed by atoms with E-state index in [-0.39, 0.29) is 25.7 Å². The zero-order valence-electron chi connectivity index (χ0n) is 14.1. The first-order chi connectivity index (χ1) is 12.6. The molecule has 0 spiro atoms. The Labute approximate surface area is 150 Å². The van der Waals surface area contributed by atoms with Crippen molar-refractivity contribution in [1.82, 2.24) is 5.32 Å². The molecule has 0 aromatic heterocycles. The van der Waals surface area contributed by atoms with Gasteiger partial charge in [-0.3, -0.25) is 4.79 Å². The number of ether oxygens (including phenoxy) is 2. The molecular weight excluding hydrogens is 334 g/mol. The average molecular weight is 353 g/mol. The van der Waals surface area contributed by atoms with Crippen LogP contribution in [0.15, 0.2) is 48.5 Å². The molecule has 2 atom stereocenters. The summed E-state index contributed by atoms with van der Waals surface area (Å²) >= 11 is 0. The minimum atomic E-state index is -0.980. The van der Waals surface area contributed by atoms with Crippen LogP contribution < -0.4 is 5.32 Å². The number of hydrogen-bond donors (Lipinski definition) is 2. The molecule has 2 N–H and O–H groups in total. The van der Waals surface area contributed by atoms with E-state index < -0.39 is 24.0 Å². The molecule has 2 aliphatic rings. The molecule has 0 saturated carbocycles. The number of rotatable bonds is 4. The summed E-state index contributed by atoms with van der Waals surface area (Å²) in [5, 5.41) is 11.8. The van der Waals surface area contributed by atoms with Gasteiger partial charge in [-0.25, -0.2) is 4.79 Å². The molecule has 4 rings (SSSR count). The smallest absolute Gasteiger partial charge is 0.407 e. The number of fused-ring (bicyclic) bond motifs is 3. The molecule has 0 bridgehead atoms. The van der Waals surface area contributed by atoms with Gasteiger partial charge in [0, 0.05) is 5.92 Å². The first-order valence-corrected chi connectivity index (χ1v) is 8.57. The summed E-state index contributed by atoms with van der Waals surface area (Å²) in [5.41, 5.74) is 4.59. The van der Waals surface area contributed by atoms with Crippen molar-refractivity contribution in [3.8, 4) is 11.1 Å². The molecule has 134 valence electrons. The first kappa shape index (κ1) is 16.6. The summed E-state index contributed by atoms with van der Waals surface area (Å²) in [7, 11) is 0. The number of aliphatic carboxylic acids is 1. The predicted molar refractivity (Wildman–Crippen MR) is 93.9 cm³/mol. The third-order valence-corrected chi connectivity index (χ3v) is 5.04. The summed E-state index contributed by atoms with van der Waals surface area (Å²) < 4.78 is 10.6. The van der Waals surface area contributed by atoms with Crippen LogP contribution in [0.4, 0.5) is 4.79 Å². The van der Waals surface area contributed by atoms with Crippen LogP contribution in [0.5, 0.6) is 0 Å². The van der Waals surface area contributed by atoms with Crippen LogP contribution in [0.2, 0.25) is 0 Å². The number of benzene rings is 2. The van der Waals surface area contributed by atoms with Crippen molar-refractivity contribution >= 4 is 12.1 Å². The van der Waals surface area contributed by atoms with E-state index in [1.165, 1.54) is 0 Å². The van der Waals surface area contributed by atoms with Crippen molar-refractivity contribution in [1.29, 1.82) is 0 Å². The van der Waals surface area contributed by atoms with E-state index in [0.717, 1.165) is 22.3 Å². The number of carboxylic acids is 1. The lowest BCUT2D eigenvalue weighted by molar-refractivity contribution is -0.142. The molecule has 6 heteroatoms. The van der Waals surface area contributed by atoms with Gasteiger partial charge in [0.25, 0.3) is 0 Å². The van der Waals surface area contributed by atoms with Gasteiger partial charge in [0.2, 0.25) is 0 Å². The second kappa shape index (κ2) is 6.80. The molecule has 2 aromatic rings. The van der Waals surface area contributed by atoms with E-state index in [0.29, 0.717) is 0 Å². The standard InChI is InChI=1S/C20H19NO5/c22-19(23)17-9-25-11-18(17)21-20(24)26-10-16-14-7-3-1-5-12(14)13-6-2-4-8-15(13)16/h1-8,16-18H,9-11H2,(H,21,24)(H,22,23)/t17-,18+/m1/s1. The predicted octanol–water partition coefficient (Wildman–Crippen LogP) is 2.62. The number of amides is 1. The van der Waals surface area contributed by atoms with Crippen molar-refractivity contribution in [3.63, 3.8) is 0 Å². The van der Waals surface area contributed by atoms with E-state index in [2.05, 4.69) is 17.4 Å². The van der Waals surface area contributed by atoms with Gasteiger partial charge >= 0.3 is 12.1 Å². The molecule has 1 fully saturated rings. The Morgan fingerprint density at radius 3 is 2.27 bits per heavy atom. The maximum Gasteiger partial charge on any atom is 0.407 e. The highest BCUT2D eigenvalue weighted by molar-refractivity contribution is 5.79. The van der Waals surface area contributed by atoms with Crippen LogP contribution >= 0.6 is 0 Å². The highest BCUT2D eigenvalue weighted by atomic mass is 16.5. The summed E-state index contributed by atoms with van der Waals surface area (Å²) in [6.07, 6.45) is -0.617. The molecule has 1 aliphatic carbocycles. The Bertz CT molecular complexity index is 804. The minimum Gasteiger partial charge on any atom is -0.481 e. The number of carbonyl (C=O) groups excluding carboxylic acids is 1. The molecule has 1 saturated heterocycles. The SMILES string of the molecule is O=C(N[C@H]1COC[C@H]1C(=O)O)OCC1c2ccccc2-c2ccccc21. The Kier molecular flexibility index (Phi) is 4.34. The lowest BCUT2D eigenvalue weighted by Crippen LogP contribution is -2.43. The Morgan fingerprint density at radius 2 is 1.65 bits per heavy atom. The van der Waals surface area contributed by atoms with E-state index in [1.807, 2.05) is 36.4 Å². The van der Waals surface area contributed by atoms with Gasteiger partial charge in [-0.1, -0.05) is 48.5 Å². The van der Waals surface area contributed by atoms with Crippen LogP contribution in [-0.2, 0) is 14.3 Å². The van der Waals surface area contributed by atoms with Crippen LogP contribution in [0, 0.1) is 5.92 Å². The molecule has 2 aromatic carbocycles.